The zero-order valence-electron chi connectivity index (χ0n) is 33.5. The number of halogens is 1. The van der Waals surface area contributed by atoms with Crippen LogP contribution in [0.15, 0.2) is 0 Å². The lowest BCUT2D eigenvalue weighted by atomic mass is 10.1. The van der Waals surface area contributed by atoms with Crippen LogP contribution in [0.5, 0.6) is 0 Å². The van der Waals surface area contributed by atoms with Crippen molar-refractivity contribution in [3.8, 4) is 0 Å². The number of ether oxygens (including phenoxy) is 4. The third kappa shape index (κ3) is 32.4. The molecule has 22 nitrogen and oxygen atoms in total. The SMILES string of the molecule is CSCC(=O)NCCN(CCNC(=O)CSC)C(=O)[C@H](CCC(=O)O)NC(=O)COCCOCCNC(=O)CCC(NC(=O)COCCOCCNC(=O)CI)C(O)O. The van der Waals surface area contributed by atoms with Gasteiger partial charge in [-0.25, -0.2) is 0 Å². The molecule has 0 saturated heterocycles. The van der Waals surface area contributed by atoms with Crippen LogP contribution in [0.3, 0.4) is 0 Å². The summed E-state index contributed by atoms with van der Waals surface area (Å²) in [6.07, 6.45) is 0.766. The fourth-order valence-corrected chi connectivity index (χ4v) is 5.60. The minimum Gasteiger partial charge on any atom is -0.481 e. The highest BCUT2D eigenvalue weighted by Crippen LogP contribution is 2.05. The fraction of sp³-hybridized carbons (Fsp3) is 0.765. The molecule has 25 heteroatoms. The standard InChI is InChI=1S/C34H60IN7O15S2/c1-58-22-30(47)36-7-11-42(12-8-37-31(48)23-59-2)33(51)24(4-6-32(49)50)40-28(45)20-56-17-15-54-13-9-38-26(43)5-3-25(34(52)53)41-29(46)21-57-18-16-55-14-10-39-27(44)19-35/h24-25,34,52-53H,3-23H2,1-2H3,(H,36,47)(H,37,48)(H,38,43)(H,39,44)(H,40,45)(H,41,46)(H,49,50)/t24-,25?/m0/s1. The molecule has 9 N–H and O–H groups in total. The van der Waals surface area contributed by atoms with Gasteiger partial charge in [-0.3, -0.25) is 38.4 Å². The first kappa shape index (κ1) is 55.9. The van der Waals surface area contributed by atoms with E-state index >= 15 is 0 Å². The Morgan fingerprint density at radius 3 is 1.54 bits per heavy atom. The average molecular weight is 998 g/mol. The Morgan fingerprint density at radius 1 is 0.593 bits per heavy atom. The van der Waals surface area contributed by atoms with E-state index in [-0.39, 0.29) is 127 Å². The number of aliphatic hydroxyl groups excluding tert-OH is 1. The van der Waals surface area contributed by atoms with Gasteiger partial charge in [0.25, 0.3) is 0 Å². The summed E-state index contributed by atoms with van der Waals surface area (Å²) in [7, 11) is 0. The van der Waals surface area contributed by atoms with Crippen LogP contribution in [0, 0.1) is 0 Å². The van der Waals surface area contributed by atoms with Crippen molar-refractivity contribution >= 4 is 93.4 Å². The fourth-order valence-electron chi connectivity index (χ4n) is 4.60. The number of nitrogens with one attached hydrogen (secondary N) is 6. The molecule has 7 amide bonds. The number of thioether (sulfide) groups is 2. The van der Waals surface area contributed by atoms with Crippen LogP contribution in [0.1, 0.15) is 25.7 Å². The highest BCUT2D eigenvalue weighted by Gasteiger charge is 2.27. The van der Waals surface area contributed by atoms with Gasteiger partial charge in [0.05, 0.1) is 61.6 Å². The number of nitrogens with zero attached hydrogens (tertiary/aromatic N) is 1. The zero-order valence-corrected chi connectivity index (χ0v) is 37.3. The molecule has 0 radical (unpaired) electrons. The first-order valence-corrected chi connectivity index (χ1v) is 22.9. The Balaban J connectivity index is 4.59. The van der Waals surface area contributed by atoms with Crippen LogP contribution < -0.4 is 31.9 Å². The van der Waals surface area contributed by atoms with Gasteiger partial charge in [0, 0.05) is 52.1 Å². The summed E-state index contributed by atoms with van der Waals surface area (Å²) in [6, 6.07) is -2.35. The largest absolute Gasteiger partial charge is 0.481 e. The lowest BCUT2D eigenvalue weighted by molar-refractivity contribution is -0.140. The van der Waals surface area contributed by atoms with Crippen molar-refractivity contribution < 1.29 is 72.6 Å². The number of hydrogen-bond acceptors (Lipinski definition) is 16. The van der Waals surface area contributed by atoms with Crippen molar-refractivity contribution in [3.63, 3.8) is 0 Å². The van der Waals surface area contributed by atoms with Gasteiger partial charge in [0.15, 0.2) is 6.29 Å². The van der Waals surface area contributed by atoms with Crippen LogP contribution in [-0.2, 0) is 57.3 Å². The van der Waals surface area contributed by atoms with E-state index in [4.69, 9.17) is 18.9 Å². The normalized spacial score (nSPS) is 11.9. The molecule has 1 unspecified atom stereocenters. The molecule has 2 atom stereocenters. The topological polar surface area (TPSA) is 310 Å². The summed E-state index contributed by atoms with van der Waals surface area (Å²) in [6.45, 7) is 0.554. The number of aliphatic carboxylic acids is 1. The molecule has 340 valence electrons. The molecule has 59 heavy (non-hydrogen) atoms. The molecule has 0 aliphatic rings. The second kappa shape index (κ2) is 36.8. The van der Waals surface area contributed by atoms with Gasteiger partial charge in [-0.1, -0.05) is 22.6 Å². The second-order valence-electron chi connectivity index (χ2n) is 12.2. The smallest absolute Gasteiger partial charge is 0.303 e. The van der Waals surface area contributed by atoms with Crippen LogP contribution in [0.4, 0.5) is 0 Å². The second-order valence-corrected chi connectivity index (χ2v) is 14.7. The molecule has 0 aliphatic carbocycles. The van der Waals surface area contributed by atoms with E-state index in [1.54, 1.807) is 12.5 Å². The van der Waals surface area contributed by atoms with Crippen molar-refractivity contribution in [1.29, 1.82) is 0 Å². The van der Waals surface area contributed by atoms with Crippen molar-refractivity contribution in [2.45, 2.75) is 44.1 Å². The number of alkyl halides is 1. The van der Waals surface area contributed by atoms with Gasteiger partial charge in [0.1, 0.15) is 19.3 Å². The summed E-state index contributed by atoms with van der Waals surface area (Å²) < 4.78 is 21.5. The molecule has 0 rings (SSSR count). The van der Waals surface area contributed by atoms with Gasteiger partial charge in [-0.05, 0) is 25.4 Å². The molecule has 0 fully saturated rings. The van der Waals surface area contributed by atoms with Gasteiger partial charge in [0.2, 0.25) is 41.4 Å². The number of amides is 7. The van der Waals surface area contributed by atoms with E-state index in [0.29, 0.717) is 11.0 Å². The third-order valence-corrected chi connectivity index (χ3v) is 9.20. The number of rotatable bonds is 37. The summed E-state index contributed by atoms with van der Waals surface area (Å²) in [4.78, 5) is 98.2. The summed E-state index contributed by atoms with van der Waals surface area (Å²) in [5.74, 6) is -3.63. The third-order valence-electron chi connectivity index (χ3n) is 7.41. The number of carbonyl (C=O) groups excluding carboxylic acids is 7. The van der Waals surface area contributed by atoms with E-state index in [2.05, 4.69) is 31.9 Å². The Bertz CT molecular complexity index is 1250. The van der Waals surface area contributed by atoms with Crippen LogP contribution >= 0.6 is 46.1 Å². The maximum atomic E-state index is 13.5. The molecule has 0 aliphatic heterocycles. The van der Waals surface area contributed by atoms with Crippen molar-refractivity contribution in [3.05, 3.63) is 0 Å². The first-order valence-electron chi connectivity index (χ1n) is 18.6. The monoisotopic (exact) mass is 997 g/mol. The molecular weight excluding hydrogens is 937 g/mol. The molecule has 0 spiro atoms. The van der Waals surface area contributed by atoms with Crippen molar-refractivity contribution in [2.24, 2.45) is 0 Å². The maximum Gasteiger partial charge on any atom is 0.303 e. The van der Waals surface area contributed by atoms with Gasteiger partial charge in [-0.15, -0.1) is 0 Å². The van der Waals surface area contributed by atoms with Gasteiger partial charge >= 0.3 is 5.97 Å². The minimum absolute atomic E-state index is 0.0301. The van der Waals surface area contributed by atoms with Gasteiger partial charge < -0.3 is 71.1 Å². The molecule has 0 bridgehead atoms. The Kier molecular flexibility index (Phi) is 34.9. The Morgan fingerprint density at radius 2 is 1.07 bits per heavy atom. The van der Waals surface area contributed by atoms with E-state index in [9.17, 15) is 53.7 Å². The molecular formula is C34H60IN7O15S2. The number of carbonyl (C=O) groups is 8. The van der Waals surface area contributed by atoms with Crippen molar-refractivity contribution in [2.75, 3.05) is 121 Å². The van der Waals surface area contributed by atoms with Crippen molar-refractivity contribution in [1.82, 2.24) is 36.8 Å². The highest BCUT2D eigenvalue weighted by molar-refractivity contribution is 14.1. The first-order chi connectivity index (χ1) is 28.2. The summed E-state index contributed by atoms with van der Waals surface area (Å²) in [5.41, 5.74) is 0. The van der Waals surface area contributed by atoms with E-state index in [0.717, 1.165) is 0 Å². The number of carboxylic acid groups (broad SMARTS) is 1. The van der Waals surface area contributed by atoms with E-state index < -0.39 is 61.0 Å². The Hall–Kier alpha value is -3.05. The van der Waals surface area contributed by atoms with Gasteiger partial charge in [-0.2, -0.15) is 23.5 Å². The number of aliphatic hydroxyl groups is 2. The van der Waals surface area contributed by atoms with E-state index in [1.165, 1.54) is 28.4 Å². The molecule has 0 heterocycles. The Labute approximate surface area is 365 Å². The summed E-state index contributed by atoms with van der Waals surface area (Å²) in [5, 5.41) is 44.0. The zero-order chi connectivity index (χ0) is 44.3. The van der Waals surface area contributed by atoms with Crippen LogP contribution in [0.25, 0.3) is 0 Å². The molecule has 0 aromatic heterocycles. The quantitative estimate of drug-likeness (QED) is 0.0126. The highest BCUT2D eigenvalue weighted by atomic mass is 127. The maximum absolute atomic E-state index is 13.5. The number of hydrogen-bond donors (Lipinski definition) is 9. The van der Waals surface area contributed by atoms with Crippen LogP contribution in [0.2, 0.25) is 0 Å². The lowest BCUT2D eigenvalue weighted by Crippen LogP contribution is -2.52. The predicted octanol–water partition coefficient (Wildman–Crippen LogP) is -3.57. The number of carboxylic acids is 1. The predicted molar refractivity (Wildman–Crippen MR) is 226 cm³/mol. The minimum atomic E-state index is -1.92. The molecule has 0 aromatic carbocycles. The lowest BCUT2D eigenvalue weighted by Gasteiger charge is -2.28. The summed E-state index contributed by atoms with van der Waals surface area (Å²) >= 11 is 4.59. The van der Waals surface area contributed by atoms with E-state index in [1.807, 2.05) is 22.6 Å². The molecule has 0 aromatic rings. The van der Waals surface area contributed by atoms with Crippen LogP contribution in [-0.4, -0.2) is 206 Å². The average Bonchev–Trinajstić information content (AvgIpc) is 3.18. The molecule has 0 saturated carbocycles.